The Labute approximate surface area is 140 Å². The lowest BCUT2D eigenvalue weighted by Gasteiger charge is -2.24. The molecule has 1 aromatic heterocycles. The Morgan fingerprint density at radius 3 is 2.75 bits per heavy atom. The molecular weight excluding hydrogens is 307 g/mol. The van der Waals surface area contributed by atoms with Crippen molar-refractivity contribution in [2.45, 2.75) is 19.4 Å². The van der Waals surface area contributed by atoms with E-state index in [0.29, 0.717) is 6.42 Å². The molecule has 126 valence electrons. The fraction of sp³-hybridized carbons (Fsp3) is 0.444. The first-order chi connectivity index (χ1) is 11.5. The minimum atomic E-state index is -0.274. The molecular formula is C18H21FN4O. The highest BCUT2D eigenvalue weighted by Crippen LogP contribution is 2.42. The van der Waals surface area contributed by atoms with E-state index in [1.807, 2.05) is 29.0 Å². The van der Waals surface area contributed by atoms with Gasteiger partial charge in [-0.2, -0.15) is 5.10 Å². The number of hydrogen-bond donors (Lipinski definition) is 0. The largest absolute Gasteiger partial charge is 0.312 e. The van der Waals surface area contributed by atoms with Gasteiger partial charge in [-0.1, -0.05) is 0 Å². The fourth-order valence-electron chi connectivity index (χ4n) is 4.00. The highest BCUT2D eigenvalue weighted by Gasteiger charge is 2.47. The van der Waals surface area contributed by atoms with Crippen molar-refractivity contribution in [1.82, 2.24) is 14.7 Å². The van der Waals surface area contributed by atoms with Crippen molar-refractivity contribution >= 4 is 11.6 Å². The Bertz CT molecular complexity index is 757. The van der Waals surface area contributed by atoms with Crippen LogP contribution >= 0.6 is 0 Å². The predicted molar refractivity (Wildman–Crippen MR) is 88.9 cm³/mol. The van der Waals surface area contributed by atoms with Crippen LogP contribution in [0.1, 0.15) is 18.4 Å². The average molecular weight is 328 g/mol. The number of nitrogens with zero attached hydrogens (tertiary/aromatic N) is 4. The fourth-order valence-corrected chi connectivity index (χ4v) is 4.00. The van der Waals surface area contributed by atoms with Crippen LogP contribution in [-0.4, -0.2) is 40.2 Å². The first-order valence-electron chi connectivity index (χ1n) is 8.29. The van der Waals surface area contributed by atoms with Gasteiger partial charge < -0.3 is 4.90 Å². The number of rotatable bonds is 3. The van der Waals surface area contributed by atoms with Crippen LogP contribution in [0.15, 0.2) is 36.7 Å². The average Bonchev–Trinajstić information content (AvgIpc) is 3.22. The third kappa shape index (κ3) is 2.82. The number of aromatic nitrogens is 2. The number of amides is 1. The van der Waals surface area contributed by atoms with E-state index in [1.165, 1.54) is 17.7 Å². The minimum Gasteiger partial charge on any atom is -0.312 e. The molecule has 2 saturated heterocycles. The Morgan fingerprint density at radius 1 is 1.25 bits per heavy atom. The monoisotopic (exact) mass is 328 g/mol. The number of aryl methyl sites for hydroxylation is 1. The van der Waals surface area contributed by atoms with Crippen LogP contribution in [0.4, 0.5) is 10.1 Å². The molecule has 1 aromatic carbocycles. The summed E-state index contributed by atoms with van der Waals surface area (Å²) in [4.78, 5) is 16.7. The molecule has 0 bridgehead atoms. The van der Waals surface area contributed by atoms with E-state index in [2.05, 4.69) is 10.00 Å². The van der Waals surface area contributed by atoms with Crippen LogP contribution in [0.2, 0.25) is 0 Å². The molecule has 2 aromatic rings. The molecule has 24 heavy (non-hydrogen) atoms. The van der Waals surface area contributed by atoms with Crippen LogP contribution < -0.4 is 4.90 Å². The van der Waals surface area contributed by atoms with Gasteiger partial charge in [0.2, 0.25) is 5.91 Å². The second-order valence-electron chi connectivity index (χ2n) is 7.12. The van der Waals surface area contributed by atoms with Gasteiger partial charge in [0.25, 0.3) is 0 Å². The van der Waals surface area contributed by atoms with Gasteiger partial charge in [0.05, 0.1) is 6.20 Å². The van der Waals surface area contributed by atoms with Crippen molar-refractivity contribution in [2.75, 3.05) is 24.5 Å². The van der Waals surface area contributed by atoms with Crippen molar-refractivity contribution in [3.05, 3.63) is 48.0 Å². The SMILES string of the molecule is Cn1cc(CN2CCC3(CC(=O)N(c4ccc(F)cc4)C3)C2)cn1. The maximum atomic E-state index is 13.1. The van der Waals surface area contributed by atoms with Crippen LogP contribution in [0.5, 0.6) is 0 Å². The second-order valence-corrected chi connectivity index (χ2v) is 7.12. The lowest BCUT2D eigenvalue weighted by molar-refractivity contribution is -0.117. The van der Waals surface area contributed by atoms with E-state index in [9.17, 15) is 9.18 Å². The lowest BCUT2D eigenvalue weighted by atomic mass is 9.86. The number of likely N-dealkylation sites (tertiary alicyclic amines) is 1. The van der Waals surface area contributed by atoms with Gasteiger partial charge in [-0.3, -0.25) is 14.4 Å². The van der Waals surface area contributed by atoms with Gasteiger partial charge in [-0.15, -0.1) is 0 Å². The van der Waals surface area contributed by atoms with Gasteiger partial charge in [0.1, 0.15) is 5.82 Å². The molecule has 1 amide bonds. The smallest absolute Gasteiger partial charge is 0.227 e. The van der Waals surface area contributed by atoms with Gasteiger partial charge in [0.15, 0.2) is 0 Å². The number of halogens is 1. The number of hydrogen-bond acceptors (Lipinski definition) is 3. The first kappa shape index (κ1) is 15.3. The molecule has 4 rings (SSSR count). The molecule has 0 N–H and O–H groups in total. The summed E-state index contributed by atoms with van der Waals surface area (Å²) in [5, 5.41) is 4.22. The van der Waals surface area contributed by atoms with E-state index in [0.717, 1.165) is 38.3 Å². The zero-order chi connectivity index (χ0) is 16.7. The molecule has 1 atom stereocenters. The van der Waals surface area contributed by atoms with E-state index in [4.69, 9.17) is 0 Å². The Kier molecular flexibility index (Phi) is 3.64. The van der Waals surface area contributed by atoms with E-state index in [-0.39, 0.29) is 17.1 Å². The predicted octanol–water partition coefficient (Wildman–Crippen LogP) is 2.19. The molecule has 1 spiro atoms. The zero-order valence-electron chi connectivity index (χ0n) is 13.8. The summed E-state index contributed by atoms with van der Waals surface area (Å²) in [6, 6.07) is 6.21. The lowest BCUT2D eigenvalue weighted by Crippen LogP contribution is -2.31. The van der Waals surface area contributed by atoms with E-state index in [1.54, 1.807) is 12.1 Å². The van der Waals surface area contributed by atoms with Crippen molar-refractivity contribution in [3.63, 3.8) is 0 Å². The number of anilines is 1. The molecule has 3 heterocycles. The standard InChI is InChI=1S/C18H21FN4O/c1-21-10-14(9-20-21)11-22-7-6-18(12-22)8-17(24)23(13-18)16-4-2-15(19)3-5-16/h2-5,9-10H,6-8,11-13H2,1H3. The van der Waals surface area contributed by atoms with Gasteiger partial charge >= 0.3 is 0 Å². The van der Waals surface area contributed by atoms with Crippen molar-refractivity contribution < 1.29 is 9.18 Å². The molecule has 6 heteroatoms. The Morgan fingerprint density at radius 2 is 2.04 bits per heavy atom. The molecule has 2 fully saturated rings. The molecule has 0 saturated carbocycles. The topological polar surface area (TPSA) is 41.4 Å². The number of benzene rings is 1. The molecule has 2 aliphatic rings. The van der Waals surface area contributed by atoms with Crippen molar-refractivity contribution in [2.24, 2.45) is 12.5 Å². The first-order valence-corrected chi connectivity index (χ1v) is 8.29. The summed E-state index contributed by atoms with van der Waals surface area (Å²) in [7, 11) is 1.92. The maximum Gasteiger partial charge on any atom is 0.227 e. The molecule has 5 nitrogen and oxygen atoms in total. The summed E-state index contributed by atoms with van der Waals surface area (Å²) >= 11 is 0. The van der Waals surface area contributed by atoms with E-state index >= 15 is 0 Å². The Hall–Kier alpha value is -2.21. The third-order valence-electron chi connectivity index (χ3n) is 5.14. The normalized spacial score (nSPS) is 24.4. The van der Waals surface area contributed by atoms with Gasteiger partial charge in [-0.25, -0.2) is 4.39 Å². The summed E-state index contributed by atoms with van der Waals surface area (Å²) < 4.78 is 14.9. The summed E-state index contributed by atoms with van der Waals surface area (Å²) in [5.41, 5.74) is 2.02. The maximum absolute atomic E-state index is 13.1. The van der Waals surface area contributed by atoms with Crippen molar-refractivity contribution in [1.29, 1.82) is 0 Å². The summed E-state index contributed by atoms with van der Waals surface area (Å²) in [5.74, 6) is -0.131. The van der Waals surface area contributed by atoms with E-state index < -0.39 is 0 Å². The molecule has 0 radical (unpaired) electrons. The van der Waals surface area contributed by atoms with Crippen molar-refractivity contribution in [3.8, 4) is 0 Å². The Balaban J connectivity index is 1.45. The molecule has 0 aliphatic carbocycles. The highest BCUT2D eigenvalue weighted by molar-refractivity contribution is 5.96. The molecule has 2 aliphatic heterocycles. The highest BCUT2D eigenvalue weighted by atomic mass is 19.1. The van der Waals surface area contributed by atoms with Crippen LogP contribution in [0.3, 0.4) is 0 Å². The minimum absolute atomic E-state index is 0.0215. The van der Waals surface area contributed by atoms with Crippen LogP contribution in [0.25, 0.3) is 0 Å². The van der Waals surface area contributed by atoms with Crippen LogP contribution in [0, 0.1) is 11.2 Å². The van der Waals surface area contributed by atoms with Gasteiger partial charge in [0, 0.05) is 56.0 Å². The number of carbonyl (C=O) groups excluding carboxylic acids is 1. The summed E-state index contributed by atoms with van der Waals surface area (Å²) in [6.07, 6.45) is 5.54. The quantitative estimate of drug-likeness (QED) is 0.867. The molecule has 1 unspecified atom stereocenters. The zero-order valence-corrected chi connectivity index (χ0v) is 13.8. The number of carbonyl (C=O) groups is 1. The third-order valence-corrected chi connectivity index (χ3v) is 5.14. The summed E-state index contributed by atoms with van der Waals surface area (Å²) in [6.45, 7) is 3.52. The van der Waals surface area contributed by atoms with Gasteiger partial charge in [-0.05, 0) is 37.2 Å². The second kappa shape index (κ2) is 5.70. The van der Waals surface area contributed by atoms with Crippen LogP contribution in [-0.2, 0) is 18.4 Å².